The van der Waals surface area contributed by atoms with Crippen LogP contribution in [0.1, 0.15) is 17.6 Å². The van der Waals surface area contributed by atoms with E-state index in [9.17, 15) is 9.50 Å². The van der Waals surface area contributed by atoms with E-state index in [4.69, 9.17) is 0 Å². The quantitative estimate of drug-likeness (QED) is 0.800. The molecular weight excluding hydrogens is 197 g/mol. The second-order valence-corrected chi connectivity index (χ2v) is 3.17. The molecule has 0 aliphatic rings. The normalized spacial score (nSPS) is 12.7. The third kappa shape index (κ3) is 1.73. The summed E-state index contributed by atoms with van der Waals surface area (Å²) in [4.78, 5) is 7.74. The van der Waals surface area contributed by atoms with Gasteiger partial charge in [-0.2, -0.15) is 0 Å². The van der Waals surface area contributed by atoms with Crippen molar-refractivity contribution in [3.63, 3.8) is 0 Å². The van der Waals surface area contributed by atoms with Crippen molar-refractivity contribution in [3.8, 4) is 0 Å². The smallest absolute Gasteiger partial charge is 0.156 e. The van der Waals surface area contributed by atoms with Gasteiger partial charge >= 0.3 is 0 Å². The number of halogens is 1. The average Bonchev–Trinajstić information content (AvgIpc) is 2.64. The molecular formula is C10H10FN3O. The number of aliphatic hydroxyl groups excluding tert-OH is 1. The molecule has 1 atom stereocenters. The largest absolute Gasteiger partial charge is 0.379 e. The number of aromatic nitrogens is 3. The molecule has 4 nitrogen and oxygen atoms in total. The fourth-order valence-corrected chi connectivity index (χ4v) is 1.36. The van der Waals surface area contributed by atoms with Crippen LogP contribution in [-0.2, 0) is 7.05 Å². The van der Waals surface area contributed by atoms with Gasteiger partial charge in [-0.1, -0.05) is 0 Å². The number of imidazole rings is 1. The minimum atomic E-state index is -1.13. The molecule has 78 valence electrons. The summed E-state index contributed by atoms with van der Waals surface area (Å²) in [5.41, 5.74) is -0.00759. The van der Waals surface area contributed by atoms with Crippen LogP contribution in [0.15, 0.2) is 30.7 Å². The molecule has 2 rings (SSSR count). The summed E-state index contributed by atoms with van der Waals surface area (Å²) in [6.07, 6.45) is 3.52. The zero-order valence-corrected chi connectivity index (χ0v) is 8.13. The van der Waals surface area contributed by atoms with Gasteiger partial charge in [0.05, 0.1) is 0 Å². The maximum absolute atomic E-state index is 13.3. The first kappa shape index (κ1) is 9.79. The van der Waals surface area contributed by atoms with Crippen LogP contribution in [0, 0.1) is 5.82 Å². The van der Waals surface area contributed by atoms with Crippen molar-refractivity contribution in [3.05, 3.63) is 48.1 Å². The fourth-order valence-electron chi connectivity index (χ4n) is 1.36. The zero-order chi connectivity index (χ0) is 10.8. The van der Waals surface area contributed by atoms with Gasteiger partial charge in [0, 0.05) is 25.6 Å². The summed E-state index contributed by atoms with van der Waals surface area (Å²) in [6, 6.07) is 2.73. The van der Waals surface area contributed by atoms with E-state index in [0.717, 1.165) is 0 Å². The van der Waals surface area contributed by atoms with E-state index in [1.807, 2.05) is 0 Å². The van der Waals surface area contributed by atoms with Crippen LogP contribution >= 0.6 is 0 Å². The predicted molar refractivity (Wildman–Crippen MR) is 51.5 cm³/mol. The lowest BCUT2D eigenvalue weighted by Crippen LogP contribution is -2.10. The lowest BCUT2D eigenvalue weighted by molar-refractivity contribution is 0.196. The van der Waals surface area contributed by atoms with E-state index in [1.165, 1.54) is 18.3 Å². The molecule has 15 heavy (non-hydrogen) atoms. The van der Waals surface area contributed by atoms with Crippen LogP contribution in [0.5, 0.6) is 0 Å². The van der Waals surface area contributed by atoms with Crippen molar-refractivity contribution in [2.24, 2.45) is 7.05 Å². The molecule has 0 spiro atoms. The molecule has 0 aliphatic heterocycles. The molecule has 1 unspecified atom stereocenters. The average molecular weight is 207 g/mol. The monoisotopic (exact) mass is 207 g/mol. The number of nitrogens with zero attached hydrogens (tertiary/aromatic N) is 3. The second kappa shape index (κ2) is 3.78. The second-order valence-electron chi connectivity index (χ2n) is 3.17. The summed E-state index contributed by atoms with van der Waals surface area (Å²) in [5, 5.41) is 9.86. The Morgan fingerprint density at radius 1 is 1.40 bits per heavy atom. The minimum absolute atomic E-state index is 0.00759. The molecule has 5 heteroatoms. The van der Waals surface area contributed by atoms with Gasteiger partial charge in [-0.15, -0.1) is 0 Å². The Morgan fingerprint density at radius 2 is 2.20 bits per heavy atom. The number of rotatable bonds is 2. The van der Waals surface area contributed by atoms with Gasteiger partial charge in [0.15, 0.2) is 6.10 Å². The van der Waals surface area contributed by atoms with Crippen LogP contribution < -0.4 is 0 Å². The Balaban J connectivity index is 2.41. The van der Waals surface area contributed by atoms with Crippen LogP contribution in [0.2, 0.25) is 0 Å². The number of hydrogen-bond acceptors (Lipinski definition) is 3. The molecule has 0 saturated carbocycles. The van der Waals surface area contributed by atoms with Crippen molar-refractivity contribution in [2.75, 3.05) is 0 Å². The Labute approximate surface area is 86.0 Å². The van der Waals surface area contributed by atoms with E-state index in [0.29, 0.717) is 5.82 Å². The van der Waals surface area contributed by atoms with Gasteiger partial charge in [-0.05, 0) is 12.1 Å². The Morgan fingerprint density at radius 3 is 2.80 bits per heavy atom. The molecule has 0 amide bonds. The van der Waals surface area contributed by atoms with E-state index < -0.39 is 11.9 Å². The van der Waals surface area contributed by atoms with Crippen molar-refractivity contribution < 1.29 is 9.50 Å². The Bertz CT molecular complexity index is 469. The standard InChI is InChI=1S/C10H10FN3O/c1-14-6-5-13-10(14)9(15)8-7(11)3-2-4-12-8/h2-6,9,15H,1H3. The van der Waals surface area contributed by atoms with Gasteiger partial charge < -0.3 is 9.67 Å². The molecule has 2 aromatic heterocycles. The van der Waals surface area contributed by atoms with Crippen molar-refractivity contribution in [2.45, 2.75) is 6.10 Å². The van der Waals surface area contributed by atoms with E-state index in [1.54, 1.807) is 24.0 Å². The first-order valence-corrected chi connectivity index (χ1v) is 4.46. The third-order valence-corrected chi connectivity index (χ3v) is 2.15. The number of aryl methyl sites for hydroxylation is 1. The molecule has 0 fully saturated rings. The summed E-state index contributed by atoms with van der Waals surface area (Å²) < 4.78 is 14.9. The topological polar surface area (TPSA) is 50.9 Å². The van der Waals surface area contributed by atoms with E-state index >= 15 is 0 Å². The van der Waals surface area contributed by atoms with Crippen LogP contribution in [0.25, 0.3) is 0 Å². The van der Waals surface area contributed by atoms with Crippen molar-refractivity contribution in [1.82, 2.24) is 14.5 Å². The van der Waals surface area contributed by atoms with Crippen LogP contribution in [-0.4, -0.2) is 19.6 Å². The molecule has 0 bridgehead atoms. The molecule has 0 aliphatic carbocycles. The molecule has 1 N–H and O–H groups in total. The van der Waals surface area contributed by atoms with E-state index in [2.05, 4.69) is 9.97 Å². The summed E-state index contributed by atoms with van der Waals surface area (Å²) >= 11 is 0. The number of pyridine rings is 1. The highest BCUT2D eigenvalue weighted by molar-refractivity contribution is 5.17. The Kier molecular flexibility index (Phi) is 2.47. The highest BCUT2D eigenvalue weighted by atomic mass is 19.1. The van der Waals surface area contributed by atoms with Gasteiger partial charge in [-0.3, -0.25) is 4.98 Å². The molecule has 0 radical (unpaired) electrons. The lowest BCUT2D eigenvalue weighted by atomic mass is 10.2. The fraction of sp³-hybridized carbons (Fsp3) is 0.200. The maximum atomic E-state index is 13.3. The molecule has 0 saturated heterocycles. The SMILES string of the molecule is Cn1ccnc1C(O)c1ncccc1F. The van der Waals surface area contributed by atoms with Gasteiger partial charge in [-0.25, -0.2) is 9.37 Å². The summed E-state index contributed by atoms with van der Waals surface area (Å²) in [6.45, 7) is 0. The third-order valence-electron chi connectivity index (χ3n) is 2.15. The number of hydrogen-bond donors (Lipinski definition) is 1. The summed E-state index contributed by atoms with van der Waals surface area (Å²) in [7, 11) is 1.73. The van der Waals surface area contributed by atoms with E-state index in [-0.39, 0.29) is 5.69 Å². The predicted octanol–water partition coefficient (Wildman–Crippen LogP) is 1.04. The van der Waals surface area contributed by atoms with Crippen molar-refractivity contribution in [1.29, 1.82) is 0 Å². The Hall–Kier alpha value is -1.75. The first-order chi connectivity index (χ1) is 7.20. The van der Waals surface area contributed by atoms with Gasteiger partial charge in [0.1, 0.15) is 17.3 Å². The van der Waals surface area contributed by atoms with Crippen LogP contribution in [0.4, 0.5) is 4.39 Å². The maximum Gasteiger partial charge on any atom is 0.156 e. The lowest BCUT2D eigenvalue weighted by Gasteiger charge is -2.10. The van der Waals surface area contributed by atoms with Gasteiger partial charge in [0.2, 0.25) is 0 Å². The first-order valence-electron chi connectivity index (χ1n) is 4.46. The molecule has 0 aromatic carbocycles. The van der Waals surface area contributed by atoms with Crippen LogP contribution in [0.3, 0.4) is 0 Å². The highest BCUT2D eigenvalue weighted by Gasteiger charge is 2.19. The molecule has 2 aromatic rings. The number of aliphatic hydroxyl groups is 1. The summed E-state index contributed by atoms with van der Waals surface area (Å²) in [5.74, 6) is -0.166. The zero-order valence-electron chi connectivity index (χ0n) is 8.13. The van der Waals surface area contributed by atoms with Crippen molar-refractivity contribution >= 4 is 0 Å². The van der Waals surface area contributed by atoms with Gasteiger partial charge in [0.25, 0.3) is 0 Å². The minimum Gasteiger partial charge on any atom is -0.379 e. The highest BCUT2D eigenvalue weighted by Crippen LogP contribution is 2.19. The molecule has 2 heterocycles.